The van der Waals surface area contributed by atoms with Crippen molar-refractivity contribution >= 4 is 5.91 Å². The summed E-state index contributed by atoms with van der Waals surface area (Å²) in [5, 5.41) is 10.1. The Morgan fingerprint density at radius 2 is 2.14 bits per heavy atom. The summed E-state index contributed by atoms with van der Waals surface area (Å²) in [6, 6.07) is 0.384. The topological polar surface area (TPSA) is 63.1 Å². The van der Waals surface area contributed by atoms with Crippen molar-refractivity contribution in [1.29, 1.82) is 0 Å². The Hall–Kier alpha value is -1.64. The fourth-order valence-corrected chi connectivity index (χ4v) is 3.04. The van der Waals surface area contributed by atoms with Crippen LogP contribution in [0.1, 0.15) is 37.3 Å². The molecule has 0 radical (unpaired) electrons. The first kappa shape index (κ1) is 15.3. The molecule has 0 bridgehead atoms. The van der Waals surface area contributed by atoms with Gasteiger partial charge in [-0.15, -0.1) is 10.2 Å². The van der Waals surface area contributed by atoms with Crippen LogP contribution in [-0.4, -0.2) is 44.7 Å². The van der Waals surface area contributed by atoms with Gasteiger partial charge in [-0.05, 0) is 25.8 Å². The quantitative estimate of drug-likeness (QED) is 0.909. The van der Waals surface area contributed by atoms with E-state index in [0.29, 0.717) is 12.5 Å². The molecule has 0 aromatic carbocycles. The third kappa shape index (κ3) is 3.08. The highest BCUT2D eigenvalue weighted by Crippen LogP contribution is 2.29. The van der Waals surface area contributed by atoms with Crippen molar-refractivity contribution in [3.05, 3.63) is 11.6 Å². The average Bonchev–Trinajstić information content (AvgIpc) is 3.12. The first-order valence-electron chi connectivity index (χ1n) is 7.45. The number of carbonyl (C=O) groups is 1. The van der Waals surface area contributed by atoms with Gasteiger partial charge in [0, 0.05) is 25.6 Å². The summed E-state index contributed by atoms with van der Waals surface area (Å²) in [6.07, 6.45) is -1.11. The first-order chi connectivity index (χ1) is 10.4. The second kappa shape index (κ2) is 5.86. The van der Waals surface area contributed by atoms with Gasteiger partial charge in [0.25, 0.3) is 0 Å². The summed E-state index contributed by atoms with van der Waals surface area (Å²) in [4.78, 5) is 13.8. The third-order valence-corrected chi connectivity index (χ3v) is 4.23. The minimum absolute atomic E-state index is 0.0310. The minimum Gasteiger partial charge on any atom is -0.333 e. The Labute approximate surface area is 125 Å². The number of rotatable bonds is 3. The second-order valence-corrected chi connectivity index (χ2v) is 5.74. The van der Waals surface area contributed by atoms with Crippen LogP contribution in [0, 0.1) is 0 Å². The molecule has 1 aromatic heterocycles. The maximum Gasteiger partial charge on any atom is 0.451 e. The number of nitrogens with zero attached hydrogens (tertiary/aromatic N) is 4. The van der Waals surface area contributed by atoms with Crippen molar-refractivity contribution in [2.45, 2.75) is 51.0 Å². The Morgan fingerprint density at radius 1 is 1.32 bits per heavy atom. The highest BCUT2D eigenvalue weighted by Gasteiger charge is 2.39. The summed E-state index contributed by atoms with van der Waals surface area (Å²) in [6.45, 7) is 1.45. The molecule has 2 aliphatic rings. The number of nitrogens with one attached hydrogen (secondary N) is 1. The fourth-order valence-electron chi connectivity index (χ4n) is 3.04. The van der Waals surface area contributed by atoms with Gasteiger partial charge in [0.05, 0.1) is 6.54 Å². The van der Waals surface area contributed by atoms with Gasteiger partial charge in [-0.3, -0.25) is 4.79 Å². The zero-order chi connectivity index (χ0) is 15.7. The molecule has 0 spiro atoms. The third-order valence-electron chi connectivity index (χ3n) is 4.23. The number of amides is 1. The lowest BCUT2D eigenvalue weighted by molar-refractivity contribution is -0.148. The van der Waals surface area contributed by atoms with Crippen LogP contribution in [0.15, 0.2) is 0 Å². The van der Waals surface area contributed by atoms with Gasteiger partial charge in [0.2, 0.25) is 11.7 Å². The number of hydrogen-bond acceptors (Lipinski definition) is 4. The molecule has 2 aliphatic heterocycles. The molecule has 122 valence electrons. The lowest BCUT2D eigenvalue weighted by Gasteiger charge is -2.28. The monoisotopic (exact) mass is 317 g/mol. The normalized spacial score (nSPS) is 22.0. The zero-order valence-electron chi connectivity index (χ0n) is 12.1. The minimum atomic E-state index is -4.51. The van der Waals surface area contributed by atoms with Crippen LogP contribution in [0.3, 0.4) is 0 Å². The van der Waals surface area contributed by atoms with Crippen LogP contribution < -0.4 is 5.32 Å². The average molecular weight is 317 g/mol. The van der Waals surface area contributed by atoms with E-state index in [9.17, 15) is 18.0 Å². The molecule has 9 heteroatoms. The fraction of sp³-hybridized carbons (Fsp3) is 0.769. The van der Waals surface area contributed by atoms with Crippen molar-refractivity contribution in [3.8, 4) is 0 Å². The van der Waals surface area contributed by atoms with E-state index in [4.69, 9.17) is 0 Å². The lowest BCUT2D eigenvalue weighted by atomic mass is 10.1. The predicted octanol–water partition coefficient (Wildman–Crippen LogP) is 1.17. The summed E-state index contributed by atoms with van der Waals surface area (Å²) in [7, 11) is 0. The van der Waals surface area contributed by atoms with Gasteiger partial charge < -0.3 is 14.8 Å². The van der Waals surface area contributed by atoms with Gasteiger partial charge >= 0.3 is 6.18 Å². The van der Waals surface area contributed by atoms with Crippen molar-refractivity contribution in [2.24, 2.45) is 0 Å². The molecule has 6 nitrogen and oxygen atoms in total. The first-order valence-corrected chi connectivity index (χ1v) is 7.45. The number of aromatic nitrogens is 3. The van der Waals surface area contributed by atoms with Crippen molar-refractivity contribution in [2.75, 3.05) is 13.1 Å². The van der Waals surface area contributed by atoms with Gasteiger partial charge in [-0.1, -0.05) is 0 Å². The summed E-state index contributed by atoms with van der Waals surface area (Å²) in [5.74, 6) is -0.813. The van der Waals surface area contributed by atoms with Crippen LogP contribution in [0.2, 0.25) is 0 Å². The molecule has 1 unspecified atom stereocenters. The number of carbonyl (C=O) groups excluding carboxylic acids is 1. The molecule has 1 atom stereocenters. The van der Waals surface area contributed by atoms with Crippen LogP contribution in [0.4, 0.5) is 13.2 Å². The van der Waals surface area contributed by atoms with Gasteiger partial charge in [0.1, 0.15) is 0 Å². The SMILES string of the molecule is O=C(CCC1CCCN1)N1CCn2c(nnc2C(F)(F)F)C1. The summed E-state index contributed by atoms with van der Waals surface area (Å²) in [5.41, 5.74) is 0. The molecule has 1 amide bonds. The Bertz CT molecular complexity index is 550. The predicted molar refractivity (Wildman–Crippen MR) is 70.7 cm³/mol. The van der Waals surface area contributed by atoms with E-state index < -0.39 is 12.0 Å². The van der Waals surface area contributed by atoms with E-state index in [0.717, 1.165) is 30.4 Å². The molecular formula is C13H18F3N5O. The van der Waals surface area contributed by atoms with Crippen LogP contribution in [0.25, 0.3) is 0 Å². The molecule has 3 rings (SSSR count). The Kier molecular flexibility index (Phi) is 4.07. The molecule has 1 saturated heterocycles. The van der Waals surface area contributed by atoms with Gasteiger partial charge in [0.15, 0.2) is 5.82 Å². The molecular weight excluding hydrogens is 299 g/mol. The number of halogens is 3. The van der Waals surface area contributed by atoms with Gasteiger partial charge in [-0.25, -0.2) is 0 Å². The van der Waals surface area contributed by atoms with E-state index in [1.807, 2.05) is 0 Å². The maximum absolute atomic E-state index is 12.7. The second-order valence-electron chi connectivity index (χ2n) is 5.74. The molecule has 22 heavy (non-hydrogen) atoms. The Balaban J connectivity index is 1.59. The highest BCUT2D eigenvalue weighted by atomic mass is 19.4. The highest BCUT2D eigenvalue weighted by molar-refractivity contribution is 5.76. The summed E-state index contributed by atoms with van der Waals surface area (Å²) >= 11 is 0. The lowest BCUT2D eigenvalue weighted by Crippen LogP contribution is -2.39. The van der Waals surface area contributed by atoms with E-state index in [-0.39, 0.29) is 31.4 Å². The van der Waals surface area contributed by atoms with Crippen molar-refractivity contribution in [1.82, 2.24) is 25.0 Å². The number of fused-ring (bicyclic) bond motifs is 1. The molecule has 1 fully saturated rings. The maximum atomic E-state index is 12.7. The van der Waals surface area contributed by atoms with E-state index >= 15 is 0 Å². The zero-order valence-corrected chi connectivity index (χ0v) is 12.1. The summed E-state index contributed by atoms with van der Waals surface area (Å²) < 4.78 is 39.3. The van der Waals surface area contributed by atoms with Crippen LogP contribution >= 0.6 is 0 Å². The van der Waals surface area contributed by atoms with Crippen LogP contribution in [-0.2, 0) is 24.1 Å². The molecule has 1 aromatic rings. The van der Waals surface area contributed by atoms with E-state index in [2.05, 4.69) is 15.5 Å². The smallest absolute Gasteiger partial charge is 0.333 e. The molecule has 1 N–H and O–H groups in total. The standard InChI is InChI=1S/C13H18F3N5O/c14-13(15,16)12-19-18-10-8-20(6-7-21(10)12)11(22)4-3-9-2-1-5-17-9/h9,17H,1-8H2. The van der Waals surface area contributed by atoms with Gasteiger partial charge in [-0.2, -0.15) is 13.2 Å². The van der Waals surface area contributed by atoms with E-state index in [1.165, 1.54) is 0 Å². The van der Waals surface area contributed by atoms with Crippen molar-refractivity contribution < 1.29 is 18.0 Å². The van der Waals surface area contributed by atoms with E-state index in [1.54, 1.807) is 4.90 Å². The molecule has 0 saturated carbocycles. The molecule has 3 heterocycles. The number of hydrogen-bond donors (Lipinski definition) is 1. The van der Waals surface area contributed by atoms with Crippen LogP contribution in [0.5, 0.6) is 0 Å². The Morgan fingerprint density at radius 3 is 2.82 bits per heavy atom. The van der Waals surface area contributed by atoms with Crippen molar-refractivity contribution in [3.63, 3.8) is 0 Å². The number of alkyl halides is 3. The largest absolute Gasteiger partial charge is 0.451 e. The molecule has 0 aliphatic carbocycles.